The quantitative estimate of drug-likeness (QED) is 0.101. The van der Waals surface area contributed by atoms with Crippen molar-refractivity contribution in [2.45, 2.75) is 96.9 Å². The zero-order valence-electron chi connectivity index (χ0n) is 28.3. The Balaban J connectivity index is 1.04. The molecular weight excluding hydrogens is 586 g/mol. The van der Waals surface area contributed by atoms with E-state index in [0.717, 1.165) is 62.2 Å². The summed E-state index contributed by atoms with van der Waals surface area (Å²) in [6.45, 7) is 6.84. The summed E-state index contributed by atoms with van der Waals surface area (Å²) >= 11 is 0. The number of para-hydroxylation sites is 1. The van der Waals surface area contributed by atoms with Gasteiger partial charge in [0.15, 0.2) is 5.58 Å². The second-order valence-corrected chi connectivity index (χ2v) is 13.0. The second kappa shape index (κ2) is 18.5. The van der Waals surface area contributed by atoms with Gasteiger partial charge in [0, 0.05) is 32.7 Å². The Labute approximate surface area is 280 Å². The van der Waals surface area contributed by atoms with Crippen LogP contribution < -0.4 is 10.7 Å². The maximum absolute atomic E-state index is 12.9. The molecule has 0 radical (unpaired) electrons. The fraction of sp³-hybridized carbons (Fsp3) is 0.500. The summed E-state index contributed by atoms with van der Waals surface area (Å²) in [4.78, 5) is 30.5. The summed E-state index contributed by atoms with van der Waals surface area (Å²) in [6, 6.07) is 24.8. The number of fused-ring (bicyclic) bond motifs is 1. The number of anilines is 1. The Morgan fingerprint density at radius 1 is 0.702 bits per heavy atom. The van der Waals surface area contributed by atoms with Crippen LogP contribution in [0, 0.1) is 0 Å². The molecule has 0 amide bonds. The minimum Gasteiger partial charge on any atom is -0.449 e. The van der Waals surface area contributed by atoms with Gasteiger partial charge in [0.1, 0.15) is 5.52 Å². The van der Waals surface area contributed by atoms with Crippen molar-refractivity contribution in [1.29, 1.82) is 0 Å². The molecule has 1 fully saturated rings. The molecule has 0 aliphatic carbocycles. The molecule has 7 nitrogen and oxygen atoms in total. The smallest absolute Gasteiger partial charge is 0.429 e. The van der Waals surface area contributed by atoms with Crippen molar-refractivity contribution in [3.8, 4) is 11.1 Å². The van der Waals surface area contributed by atoms with Crippen LogP contribution in [0.4, 0.5) is 10.5 Å². The van der Waals surface area contributed by atoms with E-state index in [0.29, 0.717) is 17.7 Å². The van der Waals surface area contributed by atoms with Gasteiger partial charge in [0.25, 0.3) is 0 Å². The average molecular weight is 640 g/mol. The molecule has 0 spiro atoms. The summed E-state index contributed by atoms with van der Waals surface area (Å²) < 4.78 is 12.2. The molecule has 0 N–H and O–H groups in total. The van der Waals surface area contributed by atoms with E-state index in [9.17, 15) is 9.59 Å². The van der Waals surface area contributed by atoms with Crippen LogP contribution >= 0.6 is 0 Å². The normalized spacial score (nSPS) is 13.8. The molecule has 0 atom stereocenters. The standard InChI is InChI=1S/C40H53N3O4/c1-2-3-4-5-6-7-8-9-10-11-12-13-17-30-46-39(44)43-37-25-19-24-36(38(37)47-40(43)45)42-28-26-41(27-29-42)32-33-20-18-23-35(31-33)34-21-15-14-16-22-34/h14-16,18-25,31H,2-13,17,26-30,32H2,1H3. The number of nitrogens with zero attached hydrogens (tertiary/aromatic N) is 3. The van der Waals surface area contributed by atoms with E-state index in [1.54, 1.807) is 6.07 Å². The predicted octanol–water partition coefficient (Wildman–Crippen LogP) is 9.66. The maximum Gasteiger partial charge on any atom is 0.429 e. The molecule has 47 heavy (non-hydrogen) atoms. The predicted molar refractivity (Wildman–Crippen MR) is 192 cm³/mol. The first-order chi connectivity index (χ1) is 23.1. The second-order valence-electron chi connectivity index (χ2n) is 13.0. The van der Waals surface area contributed by atoms with Gasteiger partial charge in [-0.25, -0.2) is 9.59 Å². The minimum absolute atomic E-state index is 0.311. The van der Waals surface area contributed by atoms with E-state index in [1.165, 1.54) is 80.9 Å². The third-order valence-electron chi connectivity index (χ3n) is 9.40. The van der Waals surface area contributed by atoms with Crippen LogP contribution in [0.15, 0.2) is 82.0 Å². The van der Waals surface area contributed by atoms with Gasteiger partial charge < -0.3 is 14.1 Å². The van der Waals surface area contributed by atoms with E-state index in [-0.39, 0.29) is 0 Å². The fourth-order valence-electron chi connectivity index (χ4n) is 6.68. The van der Waals surface area contributed by atoms with Gasteiger partial charge >= 0.3 is 11.8 Å². The van der Waals surface area contributed by atoms with Gasteiger partial charge in [-0.05, 0) is 41.3 Å². The first-order valence-corrected chi connectivity index (χ1v) is 18.1. The molecule has 5 rings (SSSR count). The highest BCUT2D eigenvalue weighted by molar-refractivity contribution is 5.92. The third-order valence-corrected chi connectivity index (χ3v) is 9.40. The highest BCUT2D eigenvalue weighted by Crippen LogP contribution is 2.28. The van der Waals surface area contributed by atoms with E-state index in [2.05, 4.69) is 65.3 Å². The topological polar surface area (TPSA) is 67.9 Å². The largest absolute Gasteiger partial charge is 0.449 e. The van der Waals surface area contributed by atoms with E-state index in [1.807, 2.05) is 18.2 Å². The Morgan fingerprint density at radius 3 is 2.00 bits per heavy atom. The van der Waals surface area contributed by atoms with Crippen LogP contribution in [0.3, 0.4) is 0 Å². The van der Waals surface area contributed by atoms with Crippen LogP contribution in [0.5, 0.6) is 0 Å². The molecule has 7 heteroatoms. The highest BCUT2D eigenvalue weighted by Gasteiger charge is 2.24. The first kappa shape index (κ1) is 34.5. The Bertz CT molecular complexity index is 1570. The van der Waals surface area contributed by atoms with E-state index < -0.39 is 11.8 Å². The molecule has 3 aromatic carbocycles. The number of rotatable bonds is 18. The molecule has 1 saturated heterocycles. The summed E-state index contributed by atoms with van der Waals surface area (Å²) in [5.74, 6) is -0.695. The molecule has 0 bridgehead atoms. The summed E-state index contributed by atoms with van der Waals surface area (Å²) in [7, 11) is 0. The number of aromatic nitrogens is 1. The van der Waals surface area contributed by atoms with Crippen LogP contribution in [0.1, 0.15) is 96.0 Å². The number of piperazine rings is 1. The zero-order valence-corrected chi connectivity index (χ0v) is 28.3. The molecular formula is C40H53N3O4. The molecule has 1 aliphatic heterocycles. The molecule has 1 aliphatic rings. The summed E-state index contributed by atoms with van der Waals surface area (Å²) in [5.41, 5.74) is 5.50. The monoisotopic (exact) mass is 639 g/mol. The van der Waals surface area contributed by atoms with Crippen molar-refractivity contribution < 1.29 is 13.9 Å². The number of oxazole rings is 1. The number of ether oxygens (including phenoxy) is 1. The Kier molecular flexibility index (Phi) is 13.6. The first-order valence-electron chi connectivity index (χ1n) is 18.1. The molecule has 4 aromatic rings. The van der Waals surface area contributed by atoms with E-state index >= 15 is 0 Å². The minimum atomic E-state index is -0.695. The van der Waals surface area contributed by atoms with Crippen LogP contribution in [-0.2, 0) is 11.3 Å². The van der Waals surface area contributed by atoms with Gasteiger partial charge in [-0.1, -0.05) is 139 Å². The lowest BCUT2D eigenvalue weighted by Crippen LogP contribution is -2.46. The molecule has 1 aromatic heterocycles. The van der Waals surface area contributed by atoms with Gasteiger partial charge in [0.2, 0.25) is 0 Å². The Hall–Kier alpha value is -3.84. The van der Waals surface area contributed by atoms with Gasteiger partial charge in [-0.3, -0.25) is 4.90 Å². The van der Waals surface area contributed by atoms with Crippen LogP contribution in [0.25, 0.3) is 22.2 Å². The Morgan fingerprint density at radius 2 is 1.32 bits per heavy atom. The lowest BCUT2D eigenvalue weighted by Gasteiger charge is -2.36. The molecule has 0 saturated carbocycles. The lowest BCUT2D eigenvalue weighted by molar-refractivity contribution is 0.144. The lowest BCUT2D eigenvalue weighted by atomic mass is 10.0. The van der Waals surface area contributed by atoms with Crippen molar-refractivity contribution in [3.05, 3.63) is 88.9 Å². The zero-order chi connectivity index (χ0) is 32.7. The van der Waals surface area contributed by atoms with Crippen molar-refractivity contribution in [2.75, 3.05) is 37.7 Å². The number of unbranched alkanes of at least 4 members (excludes halogenated alkanes) is 12. The number of carbonyl (C=O) groups is 1. The number of carbonyl (C=O) groups excluding carboxylic acids is 1. The number of benzene rings is 3. The average Bonchev–Trinajstić information content (AvgIpc) is 3.45. The number of hydrogen-bond acceptors (Lipinski definition) is 6. The van der Waals surface area contributed by atoms with Gasteiger partial charge in [0.05, 0.1) is 12.3 Å². The summed E-state index contributed by atoms with van der Waals surface area (Å²) in [6.07, 6.45) is 15.7. The highest BCUT2D eigenvalue weighted by atomic mass is 16.6. The molecule has 252 valence electrons. The molecule has 2 heterocycles. The van der Waals surface area contributed by atoms with Crippen molar-refractivity contribution >= 4 is 22.9 Å². The van der Waals surface area contributed by atoms with Crippen molar-refractivity contribution in [1.82, 2.24) is 9.47 Å². The SMILES string of the molecule is CCCCCCCCCCCCCCCOC(=O)n1c(=O)oc2c(N3CCN(Cc4cccc(-c5ccccc5)c4)CC3)cccc21. The summed E-state index contributed by atoms with van der Waals surface area (Å²) in [5, 5.41) is 0. The van der Waals surface area contributed by atoms with Crippen LogP contribution in [0.2, 0.25) is 0 Å². The van der Waals surface area contributed by atoms with Crippen molar-refractivity contribution in [2.24, 2.45) is 0 Å². The van der Waals surface area contributed by atoms with E-state index in [4.69, 9.17) is 9.15 Å². The van der Waals surface area contributed by atoms with Gasteiger partial charge in [-0.2, -0.15) is 4.57 Å². The van der Waals surface area contributed by atoms with Crippen molar-refractivity contribution in [3.63, 3.8) is 0 Å². The number of hydrogen-bond donors (Lipinski definition) is 0. The molecule has 0 unspecified atom stereocenters. The third kappa shape index (κ3) is 10.1. The maximum atomic E-state index is 12.9. The van der Waals surface area contributed by atoms with Gasteiger partial charge in [-0.15, -0.1) is 0 Å². The fourth-order valence-corrected chi connectivity index (χ4v) is 6.68. The van der Waals surface area contributed by atoms with Crippen LogP contribution in [-0.4, -0.2) is 48.3 Å².